The summed E-state index contributed by atoms with van der Waals surface area (Å²) in [6.45, 7) is 0. The molecule has 2 rings (SSSR count). The van der Waals surface area contributed by atoms with Gasteiger partial charge in [-0.25, -0.2) is 4.79 Å². The maximum atomic E-state index is 10.8. The zero-order valence-electron chi connectivity index (χ0n) is 7.20. The number of carboxylic acid groups (broad SMARTS) is 1. The lowest BCUT2D eigenvalue weighted by molar-refractivity contribution is 0.0689. The Bertz CT molecular complexity index is 414. The number of H-pyrrole nitrogens is 1. The van der Waals surface area contributed by atoms with Crippen molar-refractivity contribution in [3.05, 3.63) is 16.2 Å². The molecule has 1 aliphatic carbocycles. The minimum atomic E-state index is -0.923. The van der Waals surface area contributed by atoms with Crippen LogP contribution in [0.1, 0.15) is 34.9 Å². The molecule has 0 bridgehead atoms. The van der Waals surface area contributed by atoms with Gasteiger partial charge in [0.25, 0.3) is 0 Å². The van der Waals surface area contributed by atoms with E-state index < -0.39 is 5.97 Å². The molecule has 0 radical (unpaired) electrons. The third-order valence-corrected chi connectivity index (χ3v) is 2.71. The van der Waals surface area contributed by atoms with Crippen LogP contribution in [0.3, 0.4) is 0 Å². The quantitative estimate of drug-likeness (QED) is 0.710. The topological polar surface area (TPSA) is 58.0 Å². The van der Waals surface area contributed by atoms with Crippen molar-refractivity contribution in [1.29, 1.82) is 0 Å². The fourth-order valence-corrected chi connectivity index (χ4v) is 1.73. The second-order valence-electron chi connectivity index (χ2n) is 3.33. The summed E-state index contributed by atoms with van der Waals surface area (Å²) in [5, 5.41) is 8.89. The molecule has 0 aromatic carbocycles. The number of nitrogens with one attached hydrogen (secondary N) is 1. The Labute approximate surface area is 80.2 Å². The van der Waals surface area contributed by atoms with Gasteiger partial charge in [0.1, 0.15) is 5.69 Å². The maximum Gasteiger partial charge on any atom is 0.354 e. The molecule has 1 fully saturated rings. The van der Waals surface area contributed by atoms with Crippen molar-refractivity contribution < 1.29 is 9.90 Å². The highest BCUT2D eigenvalue weighted by molar-refractivity contribution is 7.71. The fraction of sp³-hybridized carbons (Fsp3) is 0.500. The number of rotatable bonds is 2. The summed E-state index contributed by atoms with van der Waals surface area (Å²) in [5.41, 5.74) is 1.10. The largest absolute Gasteiger partial charge is 0.477 e. The molecule has 70 valence electrons. The number of aromatic carboxylic acids is 1. The Balaban J connectivity index is 2.60. The third-order valence-electron chi connectivity index (χ3n) is 2.33. The second-order valence-corrected chi connectivity index (χ2v) is 3.72. The first-order chi connectivity index (χ1) is 6.11. The van der Waals surface area contributed by atoms with Gasteiger partial charge in [-0.15, -0.1) is 0 Å². The van der Waals surface area contributed by atoms with Crippen molar-refractivity contribution in [3.63, 3.8) is 0 Å². The highest BCUT2D eigenvalue weighted by Gasteiger charge is 2.31. The van der Waals surface area contributed by atoms with Crippen LogP contribution in [-0.4, -0.2) is 20.6 Å². The van der Waals surface area contributed by atoms with Gasteiger partial charge in [0, 0.05) is 13.0 Å². The number of hydrogen-bond acceptors (Lipinski definition) is 2. The first-order valence-electron chi connectivity index (χ1n) is 4.13. The number of carbonyl (C=O) groups is 1. The normalized spacial score (nSPS) is 16.1. The summed E-state index contributed by atoms with van der Waals surface area (Å²) in [4.78, 5) is 13.5. The predicted octanol–water partition coefficient (Wildman–Crippen LogP) is 1.66. The molecule has 1 aliphatic rings. The maximum absolute atomic E-state index is 10.8. The van der Waals surface area contributed by atoms with E-state index in [0.29, 0.717) is 10.7 Å². The monoisotopic (exact) mass is 198 g/mol. The molecule has 0 atom stereocenters. The zero-order chi connectivity index (χ0) is 9.59. The van der Waals surface area contributed by atoms with E-state index in [2.05, 4.69) is 4.98 Å². The lowest BCUT2D eigenvalue weighted by Gasteiger charge is -1.99. The highest BCUT2D eigenvalue weighted by Crippen LogP contribution is 2.41. The molecule has 0 aliphatic heterocycles. The average molecular weight is 198 g/mol. The Morgan fingerprint density at radius 3 is 2.77 bits per heavy atom. The minimum absolute atomic E-state index is 0.259. The zero-order valence-corrected chi connectivity index (χ0v) is 8.02. The number of imidazole rings is 1. The van der Waals surface area contributed by atoms with Gasteiger partial charge in [-0.05, 0) is 25.1 Å². The highest BCUT2D eigenvalue weighted by atomic mass is 32.1. The Morgan fingerprint density at radius 2 is 2.31 bits per heavy atom. The SMILES string of the molecule is Cn1c(C2CC2)c(C(=O)O)[nH]c1=S. The van der Waals surface area contributed by atoms with Crippen LogP contribution in [0.2, 0.25) is 0 Å². The molecule has 0 spiro atoms. The van der Waals surface area contributed by atoms with Crippen molar-refractivity contribution in [2.75, 3.05) is 0 Å². The molecule has 0 unspecified atom stereocenters. The van der Waals surface area contributed by atoms with Gasteiger partial charge < -0.3 is 14.7 Å². The molecular weight excluding hydrogens is 188 g/mol. The lowest BCUT2D eigenvalue weighted by atomic mass is 10.2. The fourth-order valence-electron chi connectivity index (χ4n) is 1.53. The molecule has 4 nitrogen and oxygen atoms in total. The number of nitrogens with zero attached hydrogens (tertiary/aromatic N) is 1. The van der Waals surface area contributed by atoms with Crippen LogP contribution in [0.4, 0.5) is 0 Å². The van der Waals surface area contributed by atoms with Crippen molar-refractivity contribution in [2.45, 2.75) is 18.8 Å². The number of hydrogen-bond donors (Lipinski definition) is 2. The Morgan fingerprint density at radius 1 is 1.69 bits per heavy atom. The minimum Gasteiger partial charge on any atom is -0.477 e. The van der Waals surface area contributed by atoms with Crippen molar-refractivity contribution in [3.8, 4) is 0 Å². The number of aromatic amines is 1. The summed E-state index contributed by atoms with van der Waals surface area (Å²) in [5.74, 6) is -0.530. The van der Waals surface area contributed by atoms with Crippen LogP contribution in [0.5, 0.6) is 0 Å². The van der Waals surface area contributed by atoms with Crippen LogP contribution in [0.25, 0.3) is 0 Å². The van der Waals surface area contributed by atoms with Crippen LogP contribution in [0, 0.1) is 4.77 Å². The summed E-state index contributed by atoms with van der Waals surface area (Å²) in [7, 11) is 1.80. The molecule has 5 heteroatoms. The van der Waals surface area contributed by atoms with Crippen LogP contribution >= 0.6 is 12.2 Å². The van der Waals surface area contributed by atoms with Gasteiger partial charge in [0.05, 0.1) is 5.69 Å². The van der Waals surface area contributed by atoms with Crippen LogP contribution in [-0.2, 0) is 7.05 Å². The number of carboxylic acids is 1. The summed E-state index contributed by atoms with van der Waals surface area (Å²) < 4.78 is 2.25. The molecule has 0 saturated heterocycles. The molecule has 1 heterocycles. The Kier molecular flexibility index (Phi) is 1.76. The summed E-state index contributed by atoms with van der Waals surface area (Å²) in [6, 6.07) is 0. The van der Waals surface area contributed by atoms with E-state index in [0.717, 1.165) is 18.5 Å². The Hall–Kier alpha value is -1.10. The molecule has 1 saturated carbocycles. The lowest BCUT2D eigenvalue weighted by Crippen LogP contribution is -2.03. The van der Waals surface area contributed by atoms with E-state index in [-0.39, 0.29) is 5.69 Å². The predicted molar refractivity (Wildman–Crippen MR) is 49.5 cm³/mol. The van der Waals surface area contributed by atoms with E-state index in [1.54, 1.807) is 11.6 Å². The van der Waals surface area contributed by atoms with Crippen molar-refractivity contribution >= 4 is 18.2 Å². The molecule has 1 aromatic rings. The summed E-state index contributed by atoms with van der Waals surface area (Å²) >= 11 is 4.97. The summed E-state index contributed by atoms with van der Waals surface area (Å²) in [6.07, 6.45) is 2.14. The third kappa shape index (κ3) is 1.29. The van der Waals surface area contributed by atoms with Gasteiger partial charge in [0.15, 0.2) is 4.77 Å². The standard InChI is InChI=1S/C8H10N2O2S/c1-10-6(4-2-3-4)5(7(11)12)9-8(10)13/h4H,2-3H2,1H3,(H,9,13)(H,11,12). The van der Waals surface area contributed by atoms with Gasteiger partial charge in [-0.1, -0.05) is 0 Å². The van der Waals surface area contributed by atoms with E-state index >= 15 is 0 Å². The smallest absolute Gasteiger partial charge is 0.354 e. The number of aromatic nitrogens is 2. The van der Waals surface area contributed by atoms with Gasteiger partial charge in [-0.3, -0.25) is 0 Å². The molecule has 2 N–H and O–H groups in total. The molecule has 1 aromatic heterocycles. The van der Waals surface area contributed by atoms with E-state index in [1.807, 2.05) is 0 Å². The second kappa shape index (κ2) is 2.70. The van der Waals surface area contributed by atoms with Crippen LogP contribution in [0.15, 0.2) is 0 Å². The van der Waals surface area contributed by atoms with Crippen LogP contribution < -0.4 is 0 Å². The van der Waals surface area contributed by atoms with Gasteiger partial charge in [-0.2, -0.15) is 0 Å². The molecular formula is C8H10N2O2S. The van der Waals surface area contributed by atoms with E-state index in [9.17, 15) is 4.79 Å². The van der Waals surface area contributed by atoms with E-state index in [1.165, 1.54) is 0 Å². The molecule has 13 heavy (non-hydrogen) atoms. The average Bonchev–Trinajstić information content (AvgIpc) is 2.82. The van der Waals surface area contributed by atoms with Crippen molar-refractivity contribution in [2.24, 2.45) is 7.05 Å². The van der Waals surface area contributed by atoms with Gasteiger partial charge in [0.2, 0.25) is 0 Å². The first kappa shape index (κ1) is 8.50. The molecule has 0 amide bonds. The van der Waals surface area contributed by atoms with Crippen molar-refractivity contribution in [1.82, 2.24) is 9.55 Å². The first-order valence-corrected chi connectivity index (χ1v) is 4.54. The van der Waals surface area contributed by atoms with E-state index in [4.69, 9.17) is 17.3 Å². The van der Waals surface area contributed by atoms with Gasteiger partial charge >= 0.3 is 5.97 Å².